The van der Waals surface area contributed by atoms with Gasteiger partial charge in [0.25, 0.3) is 0 Å². The van der Waals surface area contributed by atoms with E-state index in [0.717, 1.165) is 6.42 Å². The highest BCUT2D eigenvalue weighted by atomic mass is 32.1. The maximum atomic E-state index is 10.2. The van der Waals surface area contributed by atoms with Crippen molar-refractivity contribution >= 4 is 17.7 Å². The van der Waals surface area contributed by atoms with Gasteiger partial charge in [0, 0.05) is 0 Å². The van der Waals surface area contributed by atoms with Gasteiger partial charge in [0.15, 0.2) is 0 Å². The minimum atomic E-state index is -0.171. The molecule has 9 heavy (non-hydrogen) atoms. The standard InChI is InChI=1S/C7H12OS/c1-6(2)4-3-5-7(8)9/h3,5-6H,4H2,1-2H3,(H,8,9)/b5-3+. The lowest BCUT2D eigenvalue weighted by atomic mass is 10.1. The van der Waals surface area contributed by atoms with Crippen LogP contribution >= 0.6 is 12.6 Å². The van der Waals surface area contributed by atoms with Crippen molar-refractivity contribution in [1.82, 2.24) is 0 Å². The average molecular weight is 144 g/mol. The fraction of sp³-hybridized carbons (Fsp3) is 0.571. The van der Waals surface area contributed by atoms with Crippen LogP contribution in [0.3, 0.4) is 0 Å². The van der Waals surface area contributed by atoms with E-state index in [0.29, 0.717) is 5.92 Å². The molecule has 0 amide bonds. The van der Waals surface area contributed by atoms with Crippen molar-refractivity contribution in [3.8, 4) is 0 Å². The molecule has 2 heteroatoms. The van der Waals surface area contributed by atoms with Crippen LogP contribution in [0.15, 0.2) is 12.2 Å². The second-order valence-corrected chi connectivity index (χ2v) is 2.81. The van der Waals surface area contributed by atoms with Crippen LogP contribution in [0.1, 0.15) is 20.3 Å². The molecule has 1 nitrogen and oxygen atoms in total. The summed E-state index contributed by atoms with van der Waals surface area (Å²) in [7, 11) is 0. The minimum absolute atomic E-state index is 0.171. The van der Waals surface area contributed by atoms with Gasteiger partial charge < -0.3 is 0 Å². The first-order chi connectivity index (χ1) is 4.13. The highest BCUT2D eigenvalue weighted by Crippen LogP contribution is 1.99. The Morgan fingerprint density at radius 2 is 2.22 bits per heavy atom. The molecule has 0 N–H and O–H groups in total. The Kier molecular flexibility index (Phi) is 4.50. The van der Waals surface area contributed by atoms with Crippen molar-refractivity contribution < 1.29 is 4.79 Å². The zero-order valence-electron chi connectivity index (χ0n) is 5.79. The Hall–Kier alpha value is -0.240. The average Bonchev–Trinajstić information content (AvgIpc) is 1.63. The van der Waals surface area contributed by atoms with Gasteiger partial charge in [0.2, 0.25) is 5.12 Å². The number of rotatable bonds is 3. The van der Waals surface area contributed by atoms with Crippen LogP contribution in [0.4, 0.5) is 0 Å². The van der Waals surface area contributed by atoms with Gasteiger partial charge in [-0.2, -0.15) is 0 Å². The monoisotopic (exact) mass is 144 g/mol. The van der Waals surface area contributed by atoms with Gasteiger partial charge in [0.1, 0.15) is 0 Å². The maximum Gasteiger partial charge on any atom is 0.208 e. The highest BCUT2D eigenvalue weighted by molar-refractivity contribution is 7.97. The molecule has 0 saturated heterocycles. The third kappa shape index (κ3) is 7.76. The van der Waals surface area contributed by atoms with Crippen molar-refractivity contribution in [1.29, 1.82) is 0 Å². The summed E-state index contributed by atoms with van der Waals surface area (Å²) in [6.07, 6.45) is 4.29. The smallest absolute Gasteiger partial charge is 0.208 e. The zero-order valence-corrected chi connectivity index (χ0v) is 6.69. The fourth-order valence-electron chi connectivity index (χ4n) is 0.441. The predicted octanol–water partition coefficient (Wildman–Crippen LogP) is 2.05. The third-order valence-electron chi connectivity index (χ3n) is 0.868. The summed E-state index contributed by atoms with van der Waals surface area (Å²) in [6.45, 7) is 4.21. The van der Waals surface area contributed by atoms with Crippen molar-refractivity contribution in [3.05, 3.63) is 12.2 Å². The SMILES string of the molecule is CC(C)C/C=C/C(=O)S. The molecule has 0 aromatic heterocycles. The third-order valence-corrected chi connectivity index (χ3v) is 1.02. The number of hydrogen-bond donors (Lipinski definition) is 1. The van der Waals surface area contributed by atoms with Gasteiger partial charge in [0.05, 0.1) is 0 Å². The molecule has 0 aliphatic rings. The molecule has 0 atom stereocenters. The van der Waals surface area contributed by atoms with Crippen molar-refractivity contribution in [2.75, 3.05) is 0 Å². The summed E-state index contributed by atoms with van der Waals surface area (Å²) in [5, 5.41) is -0.171. The molecule has 0 bridgehead atoms. The first kappa shape index (κ1) is 8.76. The molecular formula is C7H12OS. The predicted molar refractivity (Wildman–Crippen MR) is 42.6 cm³/mol. The Morgan fingerprint density at radius 1 is 1.67 bits per heavy atom. The minimum Gasteiger partial charge on any atom is -0.283 e. The van der Waals surface area contributed by atoms with Crippen LogP contribution in [0.5, 0.6) is 0 Å². The number of allylic oxidation sites excluding steroid dienone is 1. The van der Waals surface area contributed by atoms with Crippen LogP contribution in [0.25, 0.3) is 0 Å². The van der Waals surface area contributed by atoms with Gasteiger partial charge in [-0.3, -0.25) is 4.79 Å². The van der Waals surface area contributed by atoms with Gasteiger partial charge >= 0.3 is 0 Å². The summed E-state index contributed by atoms with van der Waals surface area (Å²) >= 11 is 3.57. The normalized spacial score (nSPS) is 11.1. The second kappa shape index (κ2) is 4.62. The molecule has 0 unspecified atom stereocenters. The molecular weight excluding hydrogens is 132 g/mol. The number of thiol groups is 1. The van der Waals surface area contributed by atoms with E-state index in [1.54, 1.807) is 0 Å². The van der Waals surface area contributed by atoms with Crippen LogP contribution in [-0.4, -0.2) is 5.12 Å². The molecule has 0 spiro atoms. The molecule has 0 radical (unpaired) electrons. The quantitative estimate of drug-likeness (QED) is 0.474. The molecule has 0 aliphatic carbocycles. The van der Waals surface area contributed by atoms with E-state index in [9.17, 15) is 4.79 Å². The summed E-state index contributed by atoms with van der Waals surface area (Å²) in [5.74, 6) is 0.619. The van der Waals surface area contributed by atoms with Crippen molar-refractivity contribution in [3.63, 3.8) is 0 Å². The van der Waals surface area contributed by atoms with Gasteiger partial charge in [-0.05, 0) is 18.4 Å². The number of carbonyl (C=O) groups excluding carboxylic acids is 1. The van der Waals surface area contributed by atoms with Crippen LogP contribution in [0, 0.1) is 5.92 Å². The summed E-state index contributed by atoms with van der Waals surface area (Å²) in [5.41, 5.74) is 0. The lowest BCUT2D eigenvalue weighted by Gasteiger charge is -1.94. The van der Waals surface area contributed by atoms with E-state index in [1.807, 2.05) is 6.08 Å². The maximum absolute atomic E-state index is 10.2. The molecule has 0 aromatic carbocycles. The Balaban J connectivity index is 3.36. The van der Waals surface area contributed by atoms with E-state index >= 15 is 0 Å². The molecule has 0 heterocycles. The highest BCUT2D eigenvalue weighted by Gasteiger charge is 1.87. The van der Waals surface area contributed by atoms with E-state index < -0.39 is 0 Å². The number of carbonyl (C=O) groups is 1. The van der Waals surface area contributed by atoms with Crippen molar-refractivity contribution in [2.24, 2.45) is 5.92 Å². The largest absolute Gasteiger partial charge is 0.283 e. The Labute approximate surface area is 61.6 Å². The molecule has 52 valence electrons. The van der Waals surface area contributed by atoms with Gasteiger partial charge in [-0.25, -0.2) is 0 Å². The van der Waals surface area contributed by atoms with Gasteiger partial charge in [-0.15, -0.1) is 12.6 Å². The van der Waals surface area contributed by atoms with Crippen LogP contribution in [-0.2, 0) is 4.79 Å². The molecule has 0 aliphatic heterocycles. The fourth-order valence-corrected chi connectivity index (χ4v) is 0.546. The second-order valence-electron chi connectivity index (χ2n) is 2.37. The zero-order chi connectivity index (χ0) is 7.28. The summed E-state index contributed by atoms with van der Waals surface area (Å²) in [6, 6.07) is 0. The topological polar surface area (TPSA) is 17.1 Å². The Bertz CT molecular complexity index is 116. The first-order valence-corrected chi connectivity index (χ1v) is 3.47. The van der Waals surface area contributed by atoms with E-state index in [2.05, 4.69) is 26.5 Å². The molecule has 0 fully saturated rings. The first-order valence-electron chi connectivity index (χ1n) is 3.02. The van der Waals surface area contributed by atoms with E-state index in [-0.39, 0.29) is 5.12 Å². The van der Waals surface area contributed by atoms with E-state index in [1.165, 1.54) is 6.08 Å². The lowest BCUT2D eigenvalue weighted by molar-refractivity contribution is -0.106. The molecule has 0 rings (SSSR count). The summed E-state index contributed by atoms with van der Waals surface area (Å²) in [4.78, 5) is 10.2. The van der Waals surface area contributed by atoms with E-state index in [4.69, 9.17) is 0 Å². The Morgan fingerprint density at radius 3 is 2.56 bits per heavy atom. The molecule has 0 aromatic rings. The molecule has 0 saturated carbocycles. The van der Waals surface area contributed by atoms with Gasteiger partial charge in [-0.1, -0.05) is 19.9 Å². The lowest BCUT2D eigenvalue weighted by Crippen LogP contribution is -1.83. The van der Waals surface area contributed by atoms with Crippen LogP contribution < -0.4 is 0 Å². The van der Waals surface area contributed by atoms with Crippen molar-refractivity contribution in [2.45, 2.75) is 20.3 Å². The summed E-state index contributed by atoms with van der Waals surface area (Å²) < 4.78 is 0. The van der Waals surface area contributed by atoms with Crippen LogP contribution in [0.2, 0.25) is 0 Å². The number of hydrogen-bond acceptors (Lipinski definition) is 1.